The molecule has 1 aliphatic rings. The third-order valence-electron chi connectivity index (χ3n) is 4.69. The van der Waals surface area contributed by atoms with Gasteiger partial charge in [-0.3, -0.25) is 0 Å². The van der Waals surface area contributed by atoms with Crippen molar-refractivity contribution in [1.82, 2.24) is 5.32 Å². The first-order chi connectivity index (χ1) is 9.56. The van der Waals surface area contributed by atoms with Crippen molar-refractivity contribution in [3.05, 3.63) is 27.7 Å². The molecule has 112 valence electrons. The maximum absolute atomic E-state index is 5.62. The summed E-state index contributed by atoms with van der Waals surface area (Å²) in [5, 5.41) is 3.52. The molecular formula is C17H26BrNO. The van der Waals surface area contributed by atoms with E-state index in [0.717, 1.165) is 16.1 Å². The second kappa shape index (κ2) is 6.95. The maximum atomic E-state index is 5.62. The molecule has 1 aromatic rings. The van der Waals surface area contributed by atoms with Gasteiger partial charge in [-0.05, 0) is 56.3 Å². The van der Waals surface area contributed by atoms with E-state index in [-0.39, 0.29) is 0 Å². The summed E-state index contributed by atoms with van der Waals surface area (Å²) >= 11 is 3.66. The van der Waals surface area contributed by atoms with Crippen LogP contribution in [0.25, 0.3) is 0 Å². The summed E-state index contributed by atoms with van der Waals surface area (Å²) in [4.78, 5) is 0. The molecule has 1 atom stereocenters. The van der Waals surface area contributed by atoms with E-state index in [2.05, 4.69) is 54.3 Å². The summed E-state index contributed by atoms with van der Waals surface area (Å²) in [7, 11) is 3.83. The topological polar surface area (TPSA) is 21.3 Å². The van der Waals surface area contributed by atoms with Crippen LogP contribution in [0.5, 0.6) is 5.75 Å². The minimum absolute atomic E-state index is 0.384. The molecule has 0 heterocycles. The average molecular weight is 340 g/mol. The first-order valence-electron chi connectivity index (χ1n) is 7.58. The fourth-order valence-electron chi connectivity index (χ4n) is 3.35. The Morgan fingerprint density at radius 2 is 1.90 bits per heavy atom. The predicted octanol–water partition coefficient (Wildman–Crippen LogP) is 4.85. The second-order valence-corrected chi connectivity index (χ2v) is 6.98. The number of aryl methyl sites for hydroxylation is 1. The number of rotatable bonds is 4. The van der Waals surface area contributed by atoms with Crippen LogP contribution in [0.1, 0.15) is 49.8 Å². The molecule has 1 aromatic carbocycles. The van der Waals surface area contributed by atoms with Gasteiger partial charge in [-0.15, -0.1) is 0 Å². The van der Waals surface area contributed by atoms with E-state index in [1.165, 1.54) is 36.8 Å². The third-order valence-corrected chi connectivity index (χ3v) is 5.54. The van der Waals surface area contributed by atoms with Crippen molar-refractivity contribution in [3.8, 4) is 5.75 Å². The number of benzene rings is 1. The van der Waals surface area contributed by atoms with Crippen LogP contribution >= 0.6 is 15.9 Å². The minimum atomic E-state index is 0.384. The molecular weight excluding hydrogens is 314 g/mol. The molecule has 1 fully saturated rings. The quantitative estimate of drug-likeness (QED) is 0.846. The van der Waals surface area contributed by atoms with Crippen molar-refractivity contribution in [2.24, 2.45) is 11.8 Å². The largest absolute Gasteiger partial charge is 0.496 e. The summed E-state index contributed by atoms with van der Waals surface area (Å²) in [5.41, 5.74) is 2.50. The number of hydrogen-bond acceptors (Lipinski definition) is 2. The first-order valence-corrected chi connectivity index (χ1v) is 8.37. The molecule has 0 aromatic heterocycles. The standard InChI is InChI=1S/C17H26BrNO/c1-11-5-7-13(8-6-11)17(19-3)14-10-15(18)12(2)9-16(14)20-4/h9-11,13,17,19H,5-8H2,1-4H3. The molecule has 1 unspecified atom stereocenters. The van der Waals surface area contributed by atoms with Gasteiger partial charge >= 0.3 is 0 Å². The molecule has 2 nitrogen and oxygen atoms in total. The molecule has 2 rings (SSSR count). The van der Waals surface area contributed by atoms with Gasteiger partial charge in [0.2, 0.25) is 0 Å². The zero-order valence-corrected chi connectivity index (χ0v) is 14.6. The molecule has 3 heteroatoms. The zero-order valence-electron chi connectivity index (χ0n) is 13.0. The van der Waals surface area contributed by atoms with Crippen molar-refractivity contribution in [2.75, 3.05) is 14.2 Å². The van der Waals surface area contributed by atoms with Crippen LogP contribution < -0.4 is 10.1 Å². The summed E-state index contributed by atoms with van der Waals surface area (Å²) in [6, 6.07) is 4.75. The fourth-order valence-corrected chi connectivity index (χ4v) is 3.72. The maximum Gasteiger partial charge on any atom is 0.123 e. The molecule has 0 aliphatic heterocycles. The van der Waals surface area contributed by atoms with Gasteiger partial charge in [-0.1, -0.05) is 35.7 Å². The van der Waals surface area contributed by atoms with Crippen molar-refractivity contribution in [2.45, 2.75) is 45.6 Å². The first kappa shape index (κ1) is 15.8. The Bertz CT molecular complexity index is 453. The van der Waals surface area contributed by atoms with E-state index in [0.29, 0.717) is 12.0 Å². The molecule has 0 spiro atoms. The van der Waals surface area contributed by atoms with E-state index < -0.39 is 0 Å². The smallest absolute Gasteiger partial charge is 0.123 e. The van der Waals surface area contributed by atoms with Crippen molar-refractivity contribution >= 4 is 15.9 Å². The highest BCUT2D eigenvalue weighted by Gasteiger charge is 2.28. The van der Waals surface area contributed by atoms with E-state index in [1.54, 1.807) is 7.11 Å². The molecule has 1 N–H and O–H groups in total. The van der Waals surface area contributed by atoms with Crippen LogP contribution in [0, 0.1) is 18.8 Å². The summed E-state index contributed by atoms with van der Waals surface area (Å²) in [6.07, 6.45) is 5.30. The Morgan fingerprint density at radius 3 is 2.45 bits per heavy atom. The fraction of sp³-hybridized carbons (Fsp3) is 0.647. The third kappa shape index (κ3) is 3.37. The van der Waals surface area contributed by atoms with Gasteiger partial charge in [-0.25, -0.2) is 0 Å². The number of methoxy groups -OCH3 is 1. The summed E-state index contributed by atoms with van der Waals surface area (Å²) in [6.45, 7) is 4.47. The lowest BCUT2D eigenvalue weighted by atomic mass is 9.77. The Labute approximate surface area is 131 Å². The second-order valence-electron chi connectivity index (χ2n) is 6.13. The SMILES string of the molecule is CNC(c1cc(Br)c(C)cc1OC)C1CCC(C)CC1. The van der Waals surface area contributed by atoms with Crippen molar-refractivity contribution in [3.63, 3.8) is 0 Å². The molecule has 0 saturated heterocycles. The van der Waals surface area contributed by atoms with Gasteiger partial charge in [0.25, 0.3) is 0 Å². The Balaban J connectivity index is 2.29. The Kier molecular flexibility index (Phi) is 5.50. The molecule has 0 amide bonds. The minimum Gasteiger partial charge on any atom is -0.496 e. The highest BCUT2D eigenvalue weighted by molar-refractivity contribution is 9.10. The molecule has 1 aliphatic carbocycles. The molecule has 0 bridgehead atoms. The predicted molar refractivity (Wildman–Crippen MR) is 88.4 cm³/mol. The van der Waals surface area contributed by atoms with E-state index >= 15 is 0 Å². The van der Waals surface area contributed by atoms with Crippen LogP contribution in [0.2, 0.25) is 0 Å². The normalized spacial score (nSPS) is 24.4. The summed E-state index contributed by atoms with van der Waals surface area (Å²) in [5.74, 6) is 2.60. The van der Waals surface area contributed by atoms with Crippen molar-refractivity contribution in [1.29, 1.82) is 0 Å². The van der Waals surface area contributed by atoms with E-state index in [4.69, 9.17) is 4.74 Å². The van der Waals surface area contributed by atoms with Crippen LogP contribution in [0.15, 0.2) is 16.6 Å². The lowest BCUT2D eigenvalue weighted by Gasteiger charge is -2.33. The van der Waals surface area contributed by atoms with E-state index in [9.17, 15) is 0 Å². The molecule has 0 radical (unpaired) electrons. The monoisotopic (exact) mass is 339 g/mol. The van der Waals surface area contributed by atoms with Gasteiger partial charge in [0.15, 0.2) is 0 Å². The van der Waals surface area contributed by atoms with Gasteiger partial charge in [0, 0.05) is 16.1 Å². The van der Waals surface area contributed by atoms with Gasteiger partial charge in [0.05, 0.1) is 7.11 Å². The summed E-state index contributed by atoms with van der Waals surface area (Å²) < 4.78 is 6.78. The molecule has 1 saturated carbocycles. The number of halogens is 1. The molecule has 20 heavy (non-hydrogen) atoms. The van der Waals surface area contributed by atoms with Crippen LogP contribution in [-0.2, 0) is 0 Å². The zero-order chi connectivity index (χ0) is 14.7. The lowest BCUT2D eigenvalue weighted by Crippen LogP contribution is -2.28. The number of ether oxygens (including phenoxy) is 1. The van der Waals surface area contributed by atoms with Gasteiger partial charge < -0.3 is 10.1 Å². The highest BCUT2D eigenvalue weighted by atomic mass is 79.9. The Morgan fingerprint density at radius 1 is 1.25 bits per heavy atom. The Hall–Kier alpha value is -0.540. The number of hydrogen-bond donors (Lipinski definition) is 1. The average Bonchev–Trinajstić information content (AvgIpc) is 2.45. The highest BCUT2D eigenvalue weighted by Crippen LogP contribution is 2.40. The van der Waals surface area contributed by atoms with Crippen LogP contribution in [-0.4, -0.2) is 14.2 Å². The lowest BCUT2D eigenvalue weighted by molar-refractivity contribution is 0.234. The van der Waals surface area contributed by atoms with Gasteiger partial charge in [0.1, 0.15) is 5.75 Å². The van der Waals surface area contributed by atoms with E-state index in [1.807, 2.05) is 0 Å². The van der Waals surface area contributed by atoms with Crippen LogP contribution in [0.3, 0.4) is 0 Å². The number of nitrogens with one attached hydrogen (secondary N) is 1. The van der Waals surface area contributed by atoms with Crippen LogP contribution in [0.4, 0.5) is 0 Å². The van der Waals surface area contributed by atoms with Gasteiger partial charge in [-0.2, -0.15) is 0 Å². The van der Waals surface area contributed by atoms with Crippen molar-refractivity contribution < 1.29 is 4.74 Å².